The number of fused-ring (bicyclic) bond motifs is 2. The van der Waals surface area contributed by atoms with Gasteiger partial charge in [0.2, 0.25) is 11.8 Å². The Balaban J connectivity index is 1.11. The molecule has 3 aliphatic heterocycles. The minimum atomic E-state index is -0.862. The van der Waals surface area contributed by atoms with Crippen molar-refractivity contribution in [1.82, 2.24) is 40.3 Å². The molecule has 2 unspecified atom stereocenters. The first kappa shape index (κ1) is 37.1. The number of carbonyl (C=O) groups excluding carboxylic acids is 3. The van der Waals surface area contributed by atoms with Crippen LogP contribution in [0.4, 0.5) is 14.3 Å². The van der Waals surface area contributed by atoms with Crippen LogP contribution >= 0.6 is 11.3 Å². The Bertz CT molecular complexity index is 2040. The Morgan fingerprint density at radius 2 is 1.89 bits per heavy atom. The van der Waals surface area contributed by atoms with Gasteiger partial charge in [0.1, 0.15) is 30.3 Å². The highest BCUT2D eigenvalue weighted by Gasteiger charge is 2.55. The van der Waals surface area contributed by atoms with E-state index < -0.39 is 30.8 Å². The number of aromatic nitrogens is 1. The summed E-state index contributed by atoms with van der Waals surface area (Å²) in [4.78, 5) is 50.4. The van der Waals surface area contributed by atoms with Gasteiger partial charge in [-0.15, -0.1) is 0 Å². The number of benzene rings is 3. The van der Waals surface area contributed by atoms with Gasteiger partial charge in [-0.1, -0.05) is 47.7 Å². The van der Waals surface area contributed by atoms with Gasteiger partial charge in [-0.05, 0) is 61.1 Å². The number of thiazole rings is 1. The lowest BCUT2D eigenvalue weighted by Crippen LogP contribution is -2.65. The number of nitrogen functional groups attached to an aromatic ring is 1. The molecule has 4 aromatic rings. The number of nitrogens with zero attached hydrogens (tertiary/aromatic N) is 7. The number of para-hydroxylation sites is 1. The first-order chi connectivity index (χ1) is 26.1. The van der Waals surface area contributed by atoms with E-state index in [9.17, 15) is 24.0 Å². The third kappa shape index (κ3) is 8.29. The number of epoxide rings is 1. The number of hydrazine groups is 1. The largest absolute Gasteiger partial charge is 0.412 e. The van der Waals surface area contributed by atoms with Crippen LogP contribution in [0, 0.1) is 17.1 Å². The number of anilines is 1. The van der Waals surface area contributed by atoms with Crippen LogP contribution in [0.15, 0.2) is 66.7 Å². The summed E-state index contributed by atoms with van der Waals surface area (Å²) in [7, 11) is 3.82. The summed E-state index contributed by atoms with van der Waals surface area (Å²) in [5, 5.41) is 19.9. The molecule has 0 bridgehead atoms. The lowest BCUT2D eigenvalue weighted by atomic mass is 9.99. The molecule has 0 radical (unpaired) electrons. The Kier molecular flexibility index (Phi) is 11.0. The smallest absolute Gasteiger partial charge is 0.410 e. The summed E-state index contributed by atoms with van der Waals surface area (Å²) in [5.41, 5.74) is 9.22. The van der Waals surface area contributed by atoms with E-state index in [2.05, 4.69) is 21.7 Å². The molecule has 4 heterocycles. The lowest BCUT2D eigenvalue weighted by Gasteiger charge is -2.46. The average molecular weight is 757 g/mol. The molecule has 3 aliphatic rings. The van der Waals surface area contributed by atoms with E-state index in [-0.39, 0.29) is 50.2 Å². The Morgan fingerprint density at radius 1 is 1.13 bits per heavy atom. The number of nitrogens with one attached hydrogen (secondary N) is 2. The van der Waals surface area contributed by atoms with Crippen LogP contribution in [0.5, 0.6) is 5.75 Å². The van der Waals surface area contributed by atoms with Gasteiger partial charge in [-0.25, -0.2) is 19.2 Å². The molecule has 3 aromatic carbocycles. The summed E-state index contributed by atoms with van der Waals surface area (Å²) in [6.07, 6.45) is -1.94. The molecule has 7 rings (SSSR count). The lowest BCUT2D eigenvalue weighted by molar-refractivity contribution is -0.161. The van der Waals surface area contributed by atoms with E-state index >= 15 is 0 Å². The Hall–Kier alpha value is -5.22. The topological polar surface area (TPSA) is 176 Å². The monoisotopic (exact) mass is 756 g/mol. The summed E-state index contributed by atoms with van der Waals surface area (Å²) >= 11 is 1.37. The number of hydrogen-bond acceptors (Lipinski definition) is 13. The predicted octanol–water partition coefficient (Wildman–Crippen LogP) is 2.30. The van der Waals surface area contributed by atoms with Crippen LogP contribution in [0.3, 0.4) is 0 Å². The van der Waals surface area contributed by atoms with Crippen molar-refractivity contribution in [2.24, 2.45) is 0 Å². The van der Waals surface area contributed by atoms with E-state index in [0.717, 1.165) is 26.9 Å². The zero-order valence-corrected chi connectivity index (χ0v) is 30.7. The average Bonchev–Trinajstić information content (AvgIpc) is 3.69. The molecule has 4 atom stereocenters. The number of amides is 3. The maximum Gasteiger partial charge on any atom is 0.412 e. The van der Waals surface area contributed by atoms with E-state index in [1.54, 1.807) is 51.2 Å². The summed E-state index contributed by atoms with van der Waals surface area (Å²) in [6.45, 7) is 1.81. The normalized spacial score (nSPS) is 21.2. The van der Waals surface area contributed by atoms with Crippen molar-refractivity contribution in [2.45, 2.75) is 44.2 Å². The molecule has 3 saturated heterocycles. The van der Waals surface area contributed by atoms with Crippen molar-refractivity contribution in [3.63, 3.8) is 0 Å². The third-order valence-corrected chi connectivity index (χ3v) is 10.4. The van der Waals surface area contributed by atoms with Crippen molar-refractivity contribution in [1.29, 1.82) is 5.26 Å². The zero-order valence-electron chi connectivity index (χ0n) is 29.9. The maximum absolute atomic E-state index is 14.4. The number of piperazine rings is 1. The highest BCUT2D eigenvalue weighted by atomic mass is 32.1. The van der Waals surface area contributed by atoms with Crippen LogP contribution in [0.2, 0.25) is 0 Å². The van der Waals surface area contributed by atoms with E-state index in [0.29, 0.717) is 30.5 Å². The van der Waals surface area contributed by atoms with Crippen molar-refractivity contribution in [3.05, 3.63) is 89.2 Å². The number of hydrogen-bond donors (Lipinski definition) is 3. The number of likely N-dealkylation sites (N-methyl/N-ethyl adjacent to an activating group) is 1. The van der Waals surface area contributed by atoms with Crippen molar-refractivity contribution < 1.29 is 28.2 Å². The molecule has 54 heavy (non-hydrogen) atoms. The fraction of sp³-hybridized carbons (Fsp3) is 0.378. The number of nitriles is 1. The minimum Gasteiger partial charge on any atom is -0.410 e. The molecule has 3 amide bonds. The van der Waals surface area contributed by atoms with Gasteiger partial charge in [0.15, 0.2) is 17.6 Å². The molecule has 0 aliphatic carbocycles. The first-order valence-electron chi connectivity index (χ1n) is 17.5. The quantitative estimate of drug-likeness (QED) is 0.127. The van der Waals surface area contributed by atoms with Crippen LogP contribution in [-0.4, -0.2) is 119 Å². The maximum atomic E-state index is 14.4. The van der Waals surface area contributed by atoms with Gasteiger partial charge in [0.05, 0.1) is 29.4 Å². The van der Waals surface area contributed by atoms with Gasteiger partial charge in [0, 0.05) is 32.6 Å². The first-order valence-corrected chi connectivity index (χ1v) is 18.4. The number of carbonyl (C=O) groups is 3. The minimum absolute atomic E-state index is 0.0532. The molecule has 0 saturated carbocycles. The molecular formula is C37H41FN10O5S. The molecule has 1 aromatic heterocycles. The Labute approximate surface area is 315 Å². The molecule has 0 spiro atoms. The molecule has 17 heteroatoms. The second-order valence-electron chi connectivity index (χ2n) is 13.6. The highest BCUT2D eigenvalue weighted by Crippen LogP contribution is 2.35. The van der Waals surface area contributed by atoms with Gasteiger partial charge in [-0.3, -0.25) is 14.9 Å². The van der Waals surface area contributed by atoms with Gasteiger partial charge >= 0.3 is 6.09 Å². The van der Waals surface area contributed by atoms with Crippen LogP contribution < -0.4 is 21.1 Å². The fourth-order valence-electron chi connectivity index (χ4n) is 6.90. The van der Waals surface area contributed by atoms with Gasteiger partial charge in [-0.2, -0.15) is 10.3 Å². The summed E-state index contributed by atoms with van der Waals surface area (Å²) in [5.74, 6) is -0.458. The van der Waals surface area contributed by atoms with E-state index in [1.807, 2.05) is 42.2 Å². The summed E-state index contributed by atoms with van der Waals surface area (Å²) < 4.78 is 25.7. The van der Waals surface area contributed by atoms with E-state index in [4.69, 9.17) is 15.2 Å². The molecule has 15 nitrogen and oxygen atoms in total. The van der Waals surface area contributed by atoms with Crippen LogP contribution in [-0.2, 0) is 33.8 Å². The van der Waals surface area contributed by atoms with Crippen molar-refractivity contribution in [2.75, 3.05) is 52.6 Å². The Morgan fingerprint density at radius 3 is 2.63 bits per heavy atom. The fourth-order valence-corrected chi connectivity index (χ4v) is 7.69. The molecule has 4 N–H and O–H groups in total. The zero-order chi connectivity index (χ0) is 37.9. The summed E-state index contributed by atoms with van der Waals surface area (Å²) in [6, 6.07) is 20.1. The van der Waals surface area contributed by atoms with Crippen LogP contribution in [0.1, 0.15) is 16.7 Å². The number of ether oxygens (including phenoxy) is 2. The number of rotatable bonds is 14. The SMILES string of the molecule is CN(C)CCNC(=O)Oc1ccc(C[C@H]2C(=O)N(Cc3cccc4sc(N)nc34)C[C@H]3N2C(=O)CN3N(CC#N)C2OC2NCc2ccc(F)cc2)cc1. The van der Waals surface area contributed by atoms with E-state index in [1.165, 1.54) is 23.5 Å². The second-order valence-corrected chi connectivity index (χ2v) is 14.7. The molecule has 282 valence electrons. The van der Waals surface area contributed by atoms with Gasteiger partial charge < -0.3 is 35.2 Å². The van der Waals surface area contributed by atoms with Crippen LogP contribution in [0.25, 0.3) is 10.2 Å². The predicted molar refractivity (Wildman–Crippen MR) is 198 cm³/mol. The van der Waals surface area contributed by atoms with Crippen molar-refractivity contribution in [3.8, 4) is 11.8 Å². The number of halogens is 1. The van der Waals surface area contributed by atoms with Crippen molar-refractivity contribution >= 4 is 44.6 Å². The third-order valence-electron chi connectivity index (χ3n) is 9.58. The molecular weight excluding hydrogens is 716 g/mol. The highest BCUT2D eigenvalue weighted by molar-refractivity contribution is 7.22. The molecule has 3 fully saturated rings. The number of nitrogens with two attached hydrogens (primary N) is 1. The second kappa shape index (κ2) is 16.0. The van der Waals surface area contributed by atoms with Gasteiger partial charge in [0.25, 0.3) is 0 Å². The standard InChI is InChI=1S/C37H41FN10O5S/c1-44(2)17-15-41-37(51)52-27-12-8-23(9-13-27)18-28-34(50)45(20-25-4-3-5-29-32(25)43-36(40)54-29)21-30-47(22-31(49)48(28)30)46(16-14-39)35-33(53-35)42-19-24-6-10-26(38)11-7-24/h3-13,28,30,33,35,42H,15-22H2,1-2H3,(H2,40,43)(H,41,51)/t28-,30+,33?,35?/m0/s1.